The summed E-state index contributed by atoms with van der Waals surface area (Å²) >= 11 is 5.99. The fourth-order valence-electron chi connectivity index (χ4n) is 3.80. The minimum atomic E-state index is -1.29. The van der Waals surface area contributed by atoms with E-state index in [1.54, 1.807) is 25.1 Å². The van der Waals surface area contributed by atoms with E-state index in [1.165, 1.54) is 13.2 Å². The Balaban J connectivity index is 1.59. The third kappa shape index (κ3) is 3.68. The summed E-state index contributed by atoms with van der Waals surface area (Å²) < 4.78 is 5.21. The molecule has 3 aromatic carbocycles. The zero-order valence-electron chi connectivity index (χ0n) is 16.9. The first-order chi connectivity index (χ1) is 14.8. The molecule has 7 nitrogen and oxygen atoms in total. The van der Waals surface area contributed by atoms with Gasteiger partial charge in [-0.05, 0) is 41.5 Å². The second-order valence-electron chi connectivity index (χ2n) is 7.37. The van der Waals surface area contributed by atoms with E-state index in [4.69, 9.17) is 16.3 Å². The number of ether oxygens (including phenoxy) is 1. The summed E-state index contributed by atoms with van der Waals surface area (Å²) in [6.07, 6.45) is 0. The van der Waals surface area contributed by atoms with Crippen LogP contribution in [0.3, 0.4) is 0 Å². The summed E-state index contributed by atoms with van der Waals surface area (Å²) in [5, 5.41) is 7.62. The third-order valence-corrected chi connectivity index (χ3v) is 5.58. The van der Waals surface area contributed by atoms with Gasteiger partial charge in [-0.2, -0.15) is 0 Å². The number of benzene rings is 3. The molecule has 158 valence electrons. The molecule has 0 spiro atoms. The number of carbonyl (C=O) groups excluding carboxylic acids is 3. The van der Waals surface area contributed by atoms with Crippen LogP contribution in [0, 0.1) is 0 Å². The molecule has 1 aliphatic heterocycles. The highest BCUT2D eigenvalue weighted by molar-refractivity contribution is 6.31. The zero-order chi connectivity index (χ0) is 22.2. The lowest BCUT2D eigenvalue weighted by Gasteiger charge is -2.24. The second kappa shape index (κ2) is 7.92. The van der Waals surface area contributed by atoms with Gasteiger partial charge in [0.1, 0.15) is 17.8 Å². The van der Waals surface area contributed by atoms with Crippen molar-refractivity contribution in [3.05, 3.63) is 71.2 Å². The van der Waals surface area contributed by atoms with Crippen LogP contribution in [0.5, 0.6) is 5.75 Å². The van der Waals surface area contributed by atoms with Crippen molar-refractivity contribution < 1.29 is 19.1 Å². The van der Waals surface area contributed by atoms with Crippen molar-refractivity contribution >= 4 is 45.9 Å². The van der Waals surface area contributed by atoms with Crippen molar-refractivity contribution in [2.45, 2.75) is 12.5 Å². The fraction of sp³-hybridized carbons (Fsp3) is 0.174. The minimum absolute atomic E-state index is 0.351. The lowest BCUT2D eigenvalue weighted by Crippen LogP contribution is -2.42. The first-order valence-corrected chi connectivity index (χ1v) is 9.97. The van der Waals surface area contributed by atoms with Gasteiger partial charge in [0.2, 0.25) is 5.91 Å². The largest absolute Gasteiger partial charge is 0.495 e. The standard InChI is InChI=1S/C23H20ClN3O4/c1-23(17-9-5-7-14-6-3-4-8-16(14)17)21(29)27(22(30)26-23)13-20(28)25-18-12-15(24)10-11-19(18)31-2/h3-12H,13H2,1-2H3,(H,25,28)(H,26,30)/t23-/m1/s1. The number of nitrogens with one attached hydrogen (secondary N) is 2. The van der Waals surface area contributed by atoms with Gasteiger partial charge in [-0.15, -0.1) is 0 Å². The number of hydrogen-bond acceptors (Lipinski definition) is 4. The van der Waals surface area contributed by atoms with Gasteiger partial charge in [0.25, 0.3) is 5.91 Å². The third-order valence-electron chi connectivity index (χ3n) is 5.34. The van der Waals surface area contributed by atoms with Crippen LogP contribution < -0.4 is 15.4 Å². The molecule has 1 atom stereocenters. The SMILES string of the molecule is COc1ccc(Cl)cc1NC(=O)CN1C(=O)N[C@](C)(c2cccc3ccccc23)C1=O. The Morgan fingerprint density at radius 3 is 2.65 bits per heavy atom. The van der Waals surface area contributed by atoms with E-state index in [1.807, 2.05) is 36.4 Å². The van der Waals surface area contributed by atoms with Gasteiger partial charge in [-0.1, -0.05) is 54.1 Å². The number of imide groups is 1. The molecular weight excluding hydrogens is 418 g/mol. The Bertz CT molecular complexity index is 1210. The number of rotatable bonds is 5. The quantitative estimate of drug-likeness (QED) is 0.592. The maximum Gasteiger partial charge on any atom is 0.325 e. The van der Waals surface area contributed by atoms with Gasteiger partial charge in [0.15, 0.2) is 0 Å². The van der Waals surface area contributed by atoms with Crippen molar-refractivity contribution in [3.63, 3.8) is 0 Å². The van der Waals surface area contributed by atoms with Gasteiger partial charge < -0.3 is 15.4 Å². The lowest BCUT2D eigenvalue weighted by molar-refractivity contribution is -0.133. The number of fused-ring (bicyclic) bond motifs is 1. The number of carbonyl (C=O) groups is 3. The van der Waals surface area contributed by atoms with E-state index in [9.17, 15) is 14.4 Å². The van der Waals surface area contributed by atoms with Gasteiger partial charge in [0.05, 0.1) is 12.8 Å². The maximum absolute atomic E-state index is 13.3. The van der Waals surface area contributed by atoms with Gasteiger partial charge in [-0.3, -0.25) is 14.5 Å². The smallest absolute Gasteiger partial charge is 0.325 e. The van der Waals surface area contributed by atoms with Crippen molar-refractivity contribution in [1.82, 2.24) is 10.2 Å². The highest BCUT2D eigenvalue weighted by Gasteiger charge is 2.50. The van der Waals surface area contributed by atoms with Gasteiger partial charge in [0, 0.05) is 5.02 Å². The Morgan fingerprint density at radius 2 is 1.87 bits per heavy atom. The molecule has 2 N–H and O–H groups in total. The highest BCUT2D eigenvalue weighted by Crippen LogP contribution is 2.34. The molecule has 1 fully saturated rings. The van der Waals surface area contributed by atoms with Crippen LogP contribution in [0.4, 0.5) is 10.5 Å². The average Bonchev–Trinajstić information content (AvgIpc) is 2.97. The molecule has 4 rings (SSSR count). The van der Waals surface area contributed by atoms with Crippen LogP contribution in [-0.4, -0.2) is 36.4 Å². The number of methoxy groups -OCH3 is 1. The predicted molar refractivity (Wildman–Crippen MR) is 118 cm³/mol. The predicted octanol–water partition coefficient (Wildman–Crippen LogP) is 3.91. The van der Waals surface area contributed by atoms with Crippen LogP contribution in [0.25, 0.3) is 10.8 Å². The minimum Gasteiger partial charge on any atom is -0.495 e. The molecule has 0 saturated carbocycles. The lowest BCUT2D eigenvalue weighted by atomic mass is 9.88. The van der Waals surface area contributed by atoms with Crippen LogP contribution in [0.2, 0.25) is 5.02 Å². The van der Waals surface area contributed by atoms with E-state index in [0.29, 0.717) is 22.0 Å². The molecule has 1 heterocycles. The Kier molecular flexibility index (Phi) is 5.29. The van der Waals surface area contributed by atoms with Crippen LogP contribution in [0.1, 0.15) is 12.5 Å². The topological polar surface area (TPSA) is 87.7 Å². The van der Waals surface area contributed by atoms with Crippen LogP contribution in [-0.2, 0) is 15.1 Å². The number of amides is 4. The Hall–Kier alpha value is -3.58. The Labute approximate surface area is 183 Å². The van der Waals surface area contributed by atoms with Crippen LogP contribution in [0.15, 0.2) is 60.7 Å². The molecule has 0 radical (unpaired) electrons. The molecular formula is C23H20ClN3O4. The number of urea groups is 1. The summed E-state index contributed by atoms with van der Waals surface area (Å²) in [5.74, 6) is -0.635. The van der Waals surface area contributed by atoms with E-state index < -0.39 is 29.9 Å². The molecule has 3 aromatic rings. The van der Waals surface area contributed by atoms with E-state index in [2.05, 4.69) is 10.6 Å². The molecule has 0 bridgehead atoms. The summed E-state index contributed by atoms with van der Waals surface area (Å²) in [6.45, 7) is 1.20. The Morgan fingerprint density at radius 1 is 1.13 bits per heavy atom. The van der Waals surface area contributed by atoms with Gasteiger partial charge in [-0.25, -0.2) is 4.79 Å². The number of nitrogens with zero attached hydrogens (tertiary/aromatic N) is 1. The number of anilines is 1. The van der Waals surface area contributed by atoms with Crippen molar-refractivity contribution in [2.24, 2.45) is 0 Å². The monoisotopic (exact) mass is 437 g/mol. The average molecular weight is 438 g/mol. The number of hydrogen-bond donors (Lipinski definition) is 2. The summed E-state index contributed by atoms with van der Waals surface area (Å²) in [4.78, 5) is 39.4. The highest BCUT2D eigenvalue weighted by atomic mass is 35.5. The molecule has 0 unspecified atom stereocenters. The molecule has 0 aliphatic carbocycles. The zero-order valence-corrected chi connectivity index (χ0v) is 17.7. The fourth-order valence-corrected chi connectivity index (χ4v) is 3.97. The molecule has 31 heavy (non-hydrogen) atoms. The maximum atomic E-state index is 13.3. The first-order valence-electron chi connectivity index (χ1n) is 9.59. The van der Waals surface area contributed by atoms with E-state index in [0.717, 1.165) is 15.7 Å². The van der Waals surface area contributed by atoms with Crippen molar-refractivity contribution in [3.8, 4) is 5.75 Å². The van der Waals surface area contributed by atoms with Crippen molar-refractivity contribution in [2.75, 3.05) is 19.0 Å². The van der Waals surface area contributed by atoms with Gasteiger partial charge >= 0.3 is 6.03 Å². The van der Waals surface area contributed by atoms with E-state index >= 15 is 0 Å². The van der Waals surface area contributed by atoms with E-state index in [-0.39, 0.29) is 0 Å². The molecule has 8 heteroatoms. The molecule has 1 aliphatic rings. The second-order valence-corrected chi connectivity index (χ2v) is 7.80. The molecule has 4 amide bonds. The summed E-state index contributed by atoms with van der Waals surface area (Å²) in [6, 6.07) is 17.3. The summed E-state index contributed by atoms with van der Waals surface area (Å²) in [7, 11) is 1.46. The summed E-state index contributed by atoms with van der Waals surface area (Å²) in [5.41, 5.74) is -0.265. The van der Waals surface area contributed by atoms with Crippen molar-refractivity contribution in [1.29, 1.82) is 0 Å². The normalized spacial score (nSPS) is 18.2. The van der Waals surface area contributed by atoms with Crippen LogP contribution >= 0.6 is 11.6 Å². The first kappa shape index (κ1) is 20.7. The number of halogens is 1. The molecule has 1 saturated heterocycles. The molecule has 0 aromatic heterocycles.